The van der Waals surface area contributed by atoms with Gasteiger partial charge in [-0.05, 0) is 32.8 Å². The van der Waals surface area contributed by atoms with E-state index in [2.05, 4.69) is 37.2 Å². The highest BCUT2D eigenvalue weighted by atomic mass is 32.1. The van der Waals surface area contributed by atoms with Gasteiger partial charge in [0.1, 0.15) is 0 Å². The number of aromatic amines is 1. The molecule has 1 aliphatic rings. The first-order valence-electron chi connectivity index (χ1n) is 9.57. The van der Waals surface area contributed by atoms with Gasteiger partial charge in [0.2, 0.25) is 5.91 Å². The van der Waals surface area contributed by atoms with Crippen LogP contribution in [0.25, 0.3) is 6.08 Å². The molecule has 29 heavy (non-hydrogen) atoms. The zero-order chi connectivity index (χ0) is 20.2. The van der Waals surface area contributed by atoms with Crippen molar-refractivity contribution in [2.24, 2.45) is 0 Å². The first-order chi connectivity index (χ1) is 14.1. The number of likely N-dealkylation sites (tertiary alicyclic amines) is 1. The Kier molecular flexibility index (Phi) is 5.66. The molecular weight excluding hydrogens is 386 g/mol. The van der Waals surface area contributed by atoms with Crippen LogP contribution in [0.3, 0.4) is 0 Å². The van der Waals surface area contributed by atoms with E-state index < -0.39 is 0 Å². The monoisotopic (exact) mass is 409 g/mol. The molecule has 3 aromatic heterocycles. The van der Waals surface area contributed by atoms with E-state index in [4.69, 9.17) is 0 Å². The largest absolute Gasteiger partial charge is 0.345 e. The van der Waals surface area contributed by atoms with Gasteiger partial charge in [0.15, 0.2) is 10.9 Å². The van der Waals surface area contributed by atoms with E-state index in [0.29, 0.717) is 13.1 Å². The molecule has 0 aromatic carbocycles. The van der Waals surface area contributed by atoms with Crippen molar-refractivity contribution in [2.45, 2.75) is 32.6 Å². The van der Waals surface area contributed by atoms with E-state index in [1.807, 2.05) is 11.8 Å². The fourth-order valence-corrected chi connectivity index (χ4v) is 4.18. The maximum atomic E-state index is 12.4. The second-order valence-electron chi connectivity index (χ2n) is 7.02. The number of imidazole rings is 1. The van der Waals surface area contributed by atoms with Crippen molar-refractivity contribution in [2.75, 3.05) is 18.4 Å². The maximum absolute atomic E-state index is 12.4. The highest BCUT2D eigenvalue weighted by molar-refractivity contribution is 7.15. The summed E-state index contributed by atoms with van der Waals surface area (Å²) in [5.74, 6) is 1.03. The van der Waals surface area contributed by atoms with Crippen LogP contribution in [0.5, 0.6) is 0 Å². The Labute approximate surface area is 173 Å². The number of aryl methyl sites for hydroxylation is 2. The normalized spacial score (nSPS) is 15.2. The number of hydrogen-bond donors (Lipinski definition) is 2. The van der Waals surface area contributed by atoms with Gasteiger partial charge in [0.25, 0.3) is 0 Å². The summed E-state index contributed by atoms with van der Waals surface area (Å²) in [6, 6.07) is 0. The minimum atomic E-state index is 0.0179. The molecule has 9 heteroatoms. The fourth-order valence-electron chi connectivity index (χ4n) is 3.37. The molecule has 1 aliphatic heterocycles. The van der Waals surface area contributed by atoms with Crippen LogP contribution in [0.15, 0.2) is 31.0 Å². The predicted octanol–water partition coefficient (Wildman–Crippen LogP) is 3.44. The van der Waals surface area contributed by atoms with Crippen LogP contribution in [0.4, 0.5) is 10.9 Å². The Morgan fingerprint density at radius 1 is 1.28 bits per heavy atom. The number of anilines is 2. The second kappa shape index (κ2) is 8.52. The molecule has 0 bridgehead atoms. The van der Waals surface area contributed by atoms with Crippen LogP contribution < -0.4 is 5.32 Å². The third-order valence-electron chi connectivity index (χ3n) is 5.10. The molecule has 0 saturated carbocycles. The van der Waals surface area contributed by atoms with Gasteiger partial charge in [-0.2, -0.15) is 0 Å². The van der Waals surface area contributed by atoms with E-state index in [0.717, 1.165) is 40.9 Å². The van der Waals surface area contributed by atoms with Gasteiger partial charge in [-0.15, -0.1) is 11.3 Å². The van der Waals surface area contributed by atoms with E-state index in [-0.39, 0.29) is 11.8 Å². The van der Waals surface area contributed by atoms with Crippen molar-refractivity contribution in [1.29, 1.82) is 0 Å². The molecule has 1 fully saturated rings. The summed E-state index contributed by atoms with van der Waals surface area (Å²) < 4.78 is 0. The summed E-state index contributed by atoms with van der Waals surface area (Å²) in [7, 11) is 0. The number of nitrogens with one attached hydrogen (secondary N) is 2. The highest BCUT2D eigenvalue weighted by Gasteiger charge is 2.26. The summed E-state index contributed by atoms with van der Waals surface area (Å²) in [4.78, 5) is 36.0. The van der Waals surface area contributed by atoms with Gasteiger partial charge in [-0.1, -0.05) is 0 Å². The van der Waals surface area contributed by atoms with Gasteiger partial charge >= 0.3 is 0 Å². The van der Waals surface area contributed by atoms with E-state index >= 15 is 0 Å². The molecule has 0 spiro atoms. The van der Waals surface area contributed by atoms with Crippen LogP contribution in [0.1, 0.15) is 40.7 Å². The summed E-state index contributed by atoms with van der Waals surface area (Å²) in [6.45, 7) is 5.45. The summed E-state index contributed by atoms with van der Waals surface area (Å²) in [6.07, 6.45) is 11.8. The number of amides is 1. The number of piperidine rings is 1. The first kappa shape index (κ1) is 19.3. The molecule has 150 valence electrons. The number of hydrogen-bond acceptors (Lipinski definition) is 7. The van der Waals surface area contributed by atoms with Gasteiger partial charge < -0.3 is 15.2 Å². The van der Waals surface area contributed by atoms with E-state index in [1.165, 1.54) is 4.88 Å². The molecule has 4 rings (SSSR count). The first-order valence-corrected chi connectivity index (χ1v) is 10.4. The minimum absolute atomic E-state index is 0.0179. The third kappa shape index (κ3) is 4.51. The lowest BCUT2D eigenvalue weighted by Crippen LogP contribution is -2.37. The number of carbonyl (C=O) groups is 1. The summed E-state index contributed by atoms with van der Waals surface area (Å²) >= 11 is 1.62. The third-order valence-corrected chi connectivity index (χ3v) is 6.09. The van der Waals surface area contributed by atoms with Crippen LogP contribution in [0, 0.1) is 13.8 Å². The molecule has 0 unspecified atom stereocenters. The zero-order valence-corrected chi connectivity index (χ0v) is 17.2. The average molecular weight is 410 g/mol. The molecule has 3 aromatic rings. The van der Waals surface area contributed by atoms with Crippen LogP contribution in [-0.2, 0) is 4.79 Å². The number of nitrogens with zero attached hydrogens (tertiary/aromatic N) is 5. The molecular formula is C20H23N7OS. The predicted molar refractivity (Wildman–Crippen MR) is 113 cm³/mol. The van der Waals surface area contributed by atoms with Crippen molar-refractivity contribution >= 4 is 34.3 Å². The fraction of sp³-hybridized carbons (Fsp3) is 0.350. The number of rotatable bonds is 5. The number of H-pyrrole nitrogens is 1. The zero-order valence-electron chi connectivity index (χ0n) is 16.4. The number of aromatic nitrogens is 5. The highest BCUT2D eigenvalue weighted by Crippen LogP contribution is 2.33. The smallest absolute Gasteiger partial charge is 0.246 e. The number of carbonyl (C=O) groups excluding carboxylic acids is 1. The molecule has 0 radical (unpaired) electrons. The van der Waals surface area contributed by atoms with Crippen LogP contribution in [0.2, 0.25) is 0 Å². The Morgan fingerprint density at radius 3 is 2.76 bits per heavy atom. The van der Waals surface area contributed by atoms with Crippen molar-refractivity contribution in [1.82, 2.24) is 29.8 Å². The van der Waals surface area contributed by atoms with Gasteiger partial charge in [0, 0.05) is 42.4 Å². The number of thiazole rings is 1. The standard InChI is InChI=1S/C20H23N7OS/c1-13-14(2)29-20(25-13)26-19-18(22-7-8-23-19)15-5-9-27(10-6-15)17(28)4-3-16-11-21-12-24-16/h3-4,7-8,11-12,15H,5-6,9-10H2,1-2H3,(H,21,24)(H,23,25,26)/b4-3+. The van der Waals surface area contributed by atoms with Crippen molar-refractivity contribution in [3.05, 3.63) is 53.0 Å². The minimum Gasteiger partial charge on any atom is -0.345 e. The van der Waals surface area contributed by atoms with E-state index in [1.54, 1.807) is 48.4 Å². The summed E-state index contributed by atoms with van der Waals surface area (Å²) in [5, 5.41) is 4.17. The molecule has 0 aliphatic carbocycles. The molecule has 1 amide bonds. The van der Waals surface area contributed by atoms with Crippen LogP contribution in [-0.4, -0.2) is 48.8 Å². The Morgan fingerprint density at radius 2 is 2.07 bits per heavy atom. The lowest BCUT2D eigenvalue weighted by Gasteiger charge is -2.31. The Hall–Kier alpha value is -3.07. The quantitative estimate of drug-likeness (QED) is 0.626. The Bertz CT molecular complexity index is 984. The summed E-state index contributed by atoms with van der Waals surface area (Å²) in [5.41, 5.74) is 2.78. The van der Waals surface area contributed by atoms with Gasteiger partial charge in [-0.25, -0.2) is 15.0 Å². The van der Waals surface area contributed by atoms with Crippen molar-refractivity contribution in [3.8, 4) is 0 Å². The van der Waals surface area contributed by atoms with E-state index in [9.17, 15) is 4.79 Å². The molecule has 8 nitrogen and oxygen atoms in total. The molecule has 0 atom stereocenters. The van der Waals surface area contributed by atoms with Crippen molar-refractivity contribution in [3.63, 3.8) is 0 Å². The van der Waals surface area contributed by atoms with Crippen molar-refractivity contribution < 1.29 is 4.79 Å². The topological polar surface area (TPSA) is 99.7 Å². The SMILES string of the molecule is Cc1nc(Nc2nccnc2C2CCN(C(=O)/C=C/c3cnc[nH]3)CC2)sc1C. The molecule has 4 heterocycles. The second-order valence-corrected chi connectivity index (χ2v) is 8.22. The lowest BCUT2D eigenvalue weighted by atomic mass is 9.93. The maximum Gasteiger partial charge on any atom is 0.246 e. The van der Waals surface area contributed by atoms with Crippen LogP contribution >= 0.6 is 11.3 Å². The Balaban J connectivity index is 1.40. The molecule has 1 saturated heterocycles. The lowest BCUT2D eigenvalue weighted by molar-refractivity contribution is -0.126. The average Bonchev–Trinajstić information content (AvgIpc) is 3.36. The van der Waals surface area contributed by atoms with Gasteiger partial charge in [-0.3, -0.25) is 9.78 Å². The van der Waals surface area contributed by atoms with Gasteiger partial charge in [0.05, 0.1) is 29.6 Å². The molecule has 2 N–H and O–H groups in total.